The Hall–Kier alpha value is -3.24. The van der Waals surface area contributed by atoms with Crippen LogP contribution in [0.4, 0.5) is 0 Å². The summed E-state index contributed by atoms with van der Waals surface area (Å²) in [6.45, 7) is 1.67. The first-order valence-electron chi connectivity index (χ1n) is 10.2. The third-order valence-corrected chi connectivity index (χ3v) is 6.02. The van der Waals surface area contributed by atoms with E-state index >= 15 is 0 Å². The number of nitrogens with zero attached hydrogens (tertiary/aromatic N) is 2. The first-order valence-corrected chi connectivity index (χ1v) is 11.1. The number of likely N-dealkylation sites (tertiary alicyclic amines) is 1. The Morgan fingerprint density at radius 2 is 2.03 bits per heavy atom. The van der Waals surface area contributed by atoms with Gasteiger partial charge in [0.25, 0.3) is 12.4 Å². The molecule has 4 rings (SSSR count). The Labute approximate surface area is 189 Å². The van der Waals surface area contributed by atoms with Crippen molar-refractivity contribution in [1.29, 1.82) is 0 Å². The molecule has 2 atom stereocenters. The molecule has 0 spiro atoms. The molecule has 0 bridgehead atoms. The van der Waals surface area contributed by atoms with Gasteiger partial charge < -0.3 is 25.1 Å². The van der Waals surface area contributed by atoms with Crippen molar-refractivity contribution in [3.8, 4) is 0 Å². The Balaban J connectivity index is 0.000000913. The number of thiophene rings is 1. The quantitative estimate of drug-likeness (QED) is 0.501. The number of nitrogens with one attached hydrogen (secondary N) is 2. The maximum Gasteiger partial charge on any atom is 0.307 e. The molecular weight excluding hydrogens is 432 g/mol. The number of fused-ring (bicyclic) bond motifs is 1. The monoisotopic (exact) mass is 458 g/mol. The first kappa shape index (κ1) is 23.4. The van der Waals surface area contributed by atoms with Crippen LogP contribution in [0, 0.1) is 5.92 Å². The van der Waals surface area contributed by atoms with E-state index in [4.69, 9.17) is 14.3 Å². The van der Waals surface area contributed by atoms with Gasteiger partial charge in [0.15, 0.2) is 5.58 Å². The minimum absolute atomic E-state index is 0.0578. The molecule has 1 aliphatic rings. The molecule has 0 saturated carbocycles. The van der Waals surface area contributed by atoms with E-state index in [0.29, 0.717) is 30.7 Å². The number of rotatable bonds is 5. The Morgan fingerprint density at radius 3 is 2.75 bits per heavy atom. The van der Waals surface area contributed by atoms with E-state index < -0.39 is 0 Å². The summed E-state index contributed by atoms with van der Waals surface area (Å²) in [5.41, 5.74) is 1.26. The highest BCUT2D eigenvalue weighted by Crippen LogP contribution is 2.19. The van der Waals surface area contributed by atoms with Gasteiger partial charge in [0.1, 0.15) is 5.52 Å². The predicted octanol–water partition coefficient (Wildman–Crippen LogP) is 2.35. The van der Waals surface area contributed by atoms with E-state index in [2.05, 4.69) is 20.5 Å². The maximum absolute atomic E-state index is 12.6. The largest absolute Gasteiger partial charge is 0.483 e. The second-order valence-electron chi connectivity index (χ2n) is 7.56. The fourth-order valence-electron chi connectivity index (χ4n) is 3.69. The lowest BCUT2D eigenvalue weighted by Gasteiger charge is -2.21. The van der Waals surface area contributed by atoms with E-state index in [1.54, 1.807) is 17.4 Å². The van der Waals surface area contributed by atoms with E-state index in [-0.39, 0.29) is 36.1 Å². The van der Waals surface area contributed by atoms with Crippen LogP contribution in [0.15, 0.2) is 46.2 Å². The molecule has 0 unspecified atom stereocenters. The van der Waals surface area contributed by atoms with E-state index in [1.807, 2.05) is 42.8 Å². The number of oxazole rings is 1. The van der Waals surface area contributed by atoms with Crippen molar-refractivity contribution >= 4 is 40.7 Å². The number of carboxylic acid groups (broad SMARTS) is 1. The van der Waals surface area contributed by atoms with Crippen LogP contribution < -0.4 is 10.6 Å². The summed E-state index contributed by atoms with van der Waals surface area (Å²) in [4.78, 5) is 41.0. The van der Waals surface area contributed by atoms with Crippen molar-refractivity contribution in [2.45, 2.75) is 25.4 Å². The zero-order valence-corrected chi connectivity index (χ0v) is 18.5. The van der Waals surface area contributed by atoms with Crippen molar-refractivity contribution in [3.05, 3.63) is 52.5 Å². The van der Waals surface area contributed by atoms with Gasteiger partial charge in [-0.05, 0) is 43.5 Å². The van der Waals surface area contributed by atoms with Crippen LogP contribution in [0.3, 0.4) is 0 Å². The fourth-order valence-corrected chi connectivity index (χ4v) is 4.34. The van der Waals surface area contributed by atoms with Crippen LogP contribution in [-0.2, 0) is 16.1 Å². The second-order valence-corrected chi connectivity index (χ2v) is 8.59. The SMILES string of the molecule is CN1C[C@@H](NC(=O)c2nc3ccccc3o2)CC[C@@H](C(=O)NCc2cccs2)C1.O=CO. The molecule has 1 aromatic carbocycles. The molecule has 0 radical (unpaired) electrons. The van der Waals surface area contributed by atoms with Gasteiger partial charge in [0.05, 0.1) is 12.5 Å². The van der Waals surface area contributed by atoms with Crippen LogP contribution in [0.5, 0.6) is 0 Å². The molecule has 3 N–H and O–H groups in total. The lowest BCUT2D eigenvalue weighted by Crippen LogP contribution is -2.42. The van der Waals surface area contributed by atoms with Crippen LogP contribution in [-0.4, -0.2) is 59.5 Å². The molecule has 0 aliphatic carbocycles. The number of aromatic nitrogens is 1. The van der Waals surface area contributed by atoms with Crippen molar-refractivity contribution in [2.24, 2.45) is 5.92 Å². The van der Waals surface area contributed by atoms with Gasteiger partial charge in [-0.15, -0.1) is 11.3 Å². The fraction of sp³-hybridized carbons (Fsp3) is 0.364. The molecule has 32 heavy (non-hydrogen) atoms. The highest BCUT2D eigenvalue weighted by Gasteiger charge is 2.28. The normalized spacial score (nSPS) is 18.8. The minimum Gasteiger partial charge on any atom is -0.483 e. The van der Waals surface area contributed by atoms with Crippen molar-refractivity contribution in [2.75, 3.05) is 20.1 Å². The maximum atomic E-state index is 12.6. The van der Waals surface area contributed by atoms with Crippen molar-refractivity contribution in [1.82, 2.24) is 20.5 Å². The topological polar surface area (TPSA) is 125 Å². The Bertz CT molecular complexity index is 1000. The second kappa shape index (κ2) is 11.4. The van der Waals surface area contributed by atoms with Crippen LogP contribution in [0.1, 0.15) is 28.4 Å². The molecular formula is C22H26N4O5S. The van der Waals surface area contributed by atoms with Gasteiger partial charge in [-0.3, -0.25) is 14.4 Å². The zero-order chi connectivity index (χ0) is 22.9. The summed E-state index contributed by atoms with van der Waals surface area (Å²) in [6, 6.07) is 11.2. The van der Waals surface area contributed by atoms with Crippen molar-refractivity contribution < 1.29 is 23.9 Å². The van der Waals surface area contributed by atoms with Crippen LogP contribution in [0.25, 0.3) is 11.1 Å². The molecule has 2 aromatic heterocycles. The van der Waals surface area contributed by atoms with E-state index in [1.165, 1.54) is 0 Å². The number of benzene rings is 1. The minimum atomic E-state index is -0.319. The highest BCUT2D eigenvalue weighted by molar-refractivity contribution is 7.09. The third kappa shape index (κ3) is 6.38. The van der Waals surface area contributed by atoms with Gasteiger partial charge in [0.2, 0.25) is 5.91 Å². The molecule has 9 nitrogen and oxygen atoms in total. The number of hydrogen-bond donors (Lipinski definition) is 3. The van der Waals surface area contributed by atoms with Crippen molar-refractivity contribution in [3.63, 3.8) is 0 Å². The van der Waals surface area contributed by atoms with Gasteiger partial charge in [0, 0.05) is 24.0 Å². The number of hydrogen-bond acceptors (Lipinski definition) is 7. The molecule has 3 heterocycles. The van der Waals surface area contributed by atoms with Gasteiger partial charge in [-0.1, -0.05) is 18.2 Å². The molecule has 1 fully saturated rings. The summed E-state index contributed by atoms with van der Waals surface area (Å²) in [7, 11) is 1.98. The number of carbonyl (C=O) groups excluding carboxylic acids is 2. The summed E-state index contributed by atoms with van der Waals surface area (Å²) in [5, 5.41) is 14.9. The molecule has 2 amide bonds. The zero-order valence-electron chi connectivity index (χ0n) is 17.7. The van der Waals surface area contributed by atoms with Crippen LogP contribution >= 0.6 is 11.3 Å². The van der Waals surface area contributed by atoms with E-state index in [0.717, 1.165) is 17.7 Å². The highest BCUT2D eigenvalue weighted by atomic mass is 32.1. The summed E-state index contributed by atoms with van der Waals surface area (Å²) in [5.74, 6) is -0.272. The number of para-hydroxylation sites is 2. The standard InChI is InChI=1S/C21H24N4O3S.CH2O2/c1-25-12-14(19(26)22-11-16-5-4-10-29-16)8-9-15(13-25)23-20(27)21-24-17-6-2-3-7-18(17)28-21;2-1-3/h2-7,10,14-15H,8-9,11-13H2,1H3,(H,22,26)(H,23,27);1H,(H,2,3)/t14-,15+;/m1./s1. The number of carbonyl (C=O) groups is 3. The molecule has 10 heteroatoms. The Kier molecular flexibility index (Phi) is 8.34. The summed E-state index contributed by atoms with van der Waals surface area (Å²) >= 11 is 1.64. The first-order chi connectivity index (χ1) is 15.5. The Morgan fingerprint density at radius 1 is 1.25 bits per heavy atom. The lowest BCUT2D eigenvalue weighted by atomic mass is 10.0. The predicted molar refractivity (Wildman–Crippen MR) is 120 cm³/mol. The lowest BCUT2D eigenvalue weighted by molar-refractivity contribution is -0.125. The average molecular weight is 459 g/mol. The molecule has 1 saturated heterocycles. The van der Waals surface area contributed by atoms with Gasteiger partial charge in [-0.25, -0.2) is 4.98 Å². The third-order valence-electron chi connectivity index (χ3n) is 5.14. The van der Waals surface area contributed by atoms with Crippen LogP contribution in [0.2, 0.25) is 0 Å². The molecule has 1 aliphatic heterocycles. The van der Waals surface area contributed by atoms with E-state index in [9.17, 15) is 9.59 Å². The number of likely N-dealkylation sites (N-methyl/N-ethyl adjacent to an activating group) is 1. The molecule has 170 valence electrons. The van der Waals surface area contributed by atoms with Gasteiger partial charge >= 0.3 is 5.91 Å². The smallest absolute Gasteiger partial charge is 0.307 e. The molecule has 3 aromatic rings. The summed E-state index contributed by atoms with van der Waals surface area (Å²) < 4.78 is 5.56. The summed E-state index contributed by atoms with van der Waals surface area (Å²) in [6.07, 6.45) is 1.45. The van der Waals surface area contributed by atoms with Gasteiger partial charge in [-0.2, -0.15) is 0 Å². The average Bonchev–Trinajstić information content (AvgIpc) is 3.41. The number of amides is 2.